The molecule has 0 aliphatic heterocycles. The van der Waals surface area contributed by atoms with Crippen LogP contribution in [0.4, 0.5) is 0 Å². The molecule has 0 fully saturated rings. The van der Waals surface area contributed by atoms with E-state index in [9.17, 15) is 0 Å². The first-order chi connectivity index (χ1) is 6.56. The molecule has 0 amide bonds. The van der Waals surface area contributed by atoms with Gasteiger partial charge in [0.25, 0.3) is 0 Å². The predicted octanol–water partition coefficient (Wildman–Crippen LogP) is 2.71. The normalized spacial score (nSPS) is 20.1. The summed E-state index contributed by atoms with van der Waals surface area (Å²) in [5.74, 6) is 0.741. The van der Waals surface area contributed by atoms with Crippen LogP contribution in [0.25, 0.3) is 0 Å². The van der Waals surface area contributed by atoms with E-state index in [1.807, 2.05) is 0 Å². The van der Waals surface area contributed by atoms with Gasteiger partial charge in [0.15, 0.2) is 0 Å². The Labute approximate surface area is 86.5 Å². The fraction of sp³-hybridized carbons (Fsp3) is 0.538. The predicted molar refractivity (Wildman–Crippen MR) is 60.6 cm³/mol. The molecule has 1 aromatic carbocycles. The molecule has 0 spiro atoms. The number of benzene rings is 1. The molecular weight excluding hydrogens is 170 g/mol. The maximum atomic E-state index is 3.56. The third kappa shape index (κ3) is 1.98. The van der Waals surface area contributed by atoms with Gasteiger partial charge in [-0.15, -0.1) is 0 Å². The Hall–Kier alpha value is -0.820. The van der Waals surface area contributed by atoms with Crippen LogP contribution >= 0.6 is 0 Å². The number of hydrogen-bond acceptors (Lipinski definition) is 1. The number of nitrogens with one attached hydrogen (secondary N) is 1. The van der Waals surface area contributed by atoms with Gasteiger partial charge < -0.3 is 5.32 Å². The van der Waals surface area contributed by atoms with E-state index in [1.54, 1.807) is 5.56 Å². The van der Waals surface area contributed by atoms with Crippen LogP contribution in [0.5, 0.6) is 0 Å². The largest absolute Gasteiger partial charge is 0.311 e. The molecular formula is C13H19N. The van der Waals surface area contributed by atoms with Crippen LogP contribution in [0.3, 0.4) is 0 Å². The van der Waals surface area contributed by atoms with Crippen LogP contribution < -0.4 is 5.32 Å². The summed E-state index contributed by atoms with van der Waals surface area (Å²) in [6.45, 7) is 7.77. The van der Waals surface area contributed by atoms with Crippen molar-refractivity contribution in [1.82, 2.24) is 5.32 Å². The lowest BCUT2D eigenvalue weighted by Gasteiger charge is -2.33. The third-order valence-corrected chi connectivity index (χ3v) is 2.84. The molecule has 0 saturated carbocycles. The summed E-state index contributed by atoms with van der Waals surface area (Å²) in [5, 5.41) is 3.56. The van der Waals surface area contributed by atoms with E-state index in [1.165, 1.54) is 12.0 Å². The molecule has 1 atom stereocenters. The molecule has 0 bridgehead atoms. The zero-order valence-electron chi connectivity index (χ0n) is 9.30. The smallest absolute Gasteiger partial charge is 0.00967 e. The highest BCUT2D eigenvalue weighted by Crippen LogP contribution is 2.34. The Balaban J connectivity index is 1.93. The van der Waals surface area contributed by atoms with Gasteiger partial charge in [-0.3, -0.25) is 0 Å². The Bertz CT molecular complexity index is 322. The lowest BCUT2D eigenvalue weighted by Crippen LogP contribution is -2.40. The minimum Gasteiger partial charge on any atom is -0.311 e. The average molecular weight is 189 g/mol. The van der Waals surface area contributed by atoms with Crippen LogP contribution in [0, 0.1) is 0 Å². The Kier molecular flexibility index (Phi) is 2.36. The lowest BCUT2D eigenvalue weighted by atomic mass is 9.77. The van der Waals surface area contributed by atoms with Gasteiger partial charge in [0.05, 0.1) is 0 Å². The minimum absolute atomic E-state index is 0.241. The topological polar surface area (TPSA) is 12.0 Å². The Morgan fingerprint density at radius 2 is 2.00 bits per heavy atom. The molecule has 1 aliphatic rings. The summed E-state index contributed by atoms with van der Waals surface area (Å²) >= 11 is 0. The maximum absolute atomic E-state index is 3.56. The van der Waals surface area contributed by atoms with Crippen molar-refractivity contribution >= 4 is 0 Å². The van der Waals surface area contributed by atoms with Gasteiger partial charge in [0.2, 0.25) is 0 Å². The molecule has 0 heterocycles. The van der Waals surface area contributed by atoms with E-state index < -0.39 is 0 Å². The monoisotopic (exact) mass is 189 g/mol. The molecule has 1 nitrogen and oxygen atoms in total. The first-order valence-corrected chi connectivity index (χ1v) is 5.39. The molecule has 1 aliphatic carbocycles. The molecule has 14 heavy (non-hydrogen) atoms. The maximum Gasteiger partial charge on any atom is 0.00967 e. The van der Waals surface area contributed by atoms with Crippen molar-refractivity contribution < 1.29 is 0 Å². The Morgan fingerprint density at radius 3 is 2.64 bits per heavy atom. The number of hydrogen-bond donors (Lipinski definition) is 1. The molecule has 2 rings (SSSR count). The fourth-order valence-electron chi connectivity index (χ4n) is 1.97. The molecule has 1 N–H and O–H groups in total. The lowest BCUT2D eigenvalue weighted by molar-refractivity contribution is 0.394. The van der Waals surface area contributed by atoms with Gasteiger partial charge in [0.1, 0.15) is 0 Å². The van der Waals surface area contributed by atoms with Crippen molar-refractivity contribution in [3.05, 3.63) is 35.4 Å². The summed E-state index contributed by atoms with van der Waals surface area (Å²) in [6.07, 6.45) is 1.25. The summed E-state index contributed by atoms with van der Waals surface area (Å²) < 4.78 is 0. The van der Waals surface area contributed by atoms with Crippen molar-refractivity contribution in [2.45, 2.75) is 38.6 Å². The standard InChI is InChI=1S/C13H19N/c1-13(2,3)14-9-11-8-10-6-4-5-7-12(10)11/h4-7,11,14H,8-9H2,1-3H3. The zero-order chi connectivity index (χ0) is 10.2. The molecule has 1 aromatic rings. The van der Waals surface area contributed by atoms with Crippen molar-refractivity contribution in [1.29, 1.82) is 0 Å². The second-order valence-corrected chi connectivity index (χ2v) is 5.23. The molecule has 76 valence electrons. The SMILES string of the molecule is CC(C)(C)NCC1Cc2ccccc21. The Morgan fingerprint density at radius 1 is 1.29 bits per heavy atom. The van der Waals surface area contributed by atoms with Crippen LogP contribution in [0.15, 0.2) is 24.3 Å². The fourth-order valence-corrected chi connectivity index (χ4v) is 1.97. The average Bonchev–Trinajstić information content (AvgIpc) is 2.04. The second-order valence-electron chi connectivity index (χ2n) is 5.23. The molecule has 0 radical (unpaired) electrons. The highest BCUT2D eigenvalue weighted by molar-refractivity contribution is 5.40. The van der Waals surface area contributed by atoms with E-state index >= 15 is 0 Å². The quantitative estimate of drug-likeness (QED) is 0.754. The van der Waals surface area contributed by atoms with Gasteiger partial charge in [-0.25, -0.2) is 0 Å². The highest BCUT2D eigenvalue weighted by Gasteiger charge is 2.25. The van der Waals surface area contributed by atoms with Gasteiger partial charge in [-0.05, 0) is 38.3 Å². The van der Waals surface area contributed by atoms with E-state index in [4.69, 9.17) is 0 Å². The minimum atomic E-state index is 0.241. The van der Waals surface area contributed by atoms with Crippen molar-refractivity contribution in [3.63, 3.8) is 0 Å². The van der Waals surface area contributed by atoms with Gasteiger partial charge in [-0.1, -0.05) is 24.3 Å². The summed E-state index contributed by atoms with van der Waals surface area (Å²) in [6, 6.07) is 8.77. The van der Waals surface area contributed by atoms with Crippen LogP contribution in [-0.4, -0.2) is 12.1 Å². The molecule has 0 saturated heterocycles. The van der Waals surface area contributed by atoms with Crippen LogP contribution in [-0.2, 0) is 6.42 Å². The van der Waals surface area contributed by atoms with E-state index in [-0.39, 0.29) is 5.54 Å². The van der Waals surface area contributed by atoms with Crippen LogP contribution in [0.1, 0.15) is 37.8 Å². The molecule has 1 unspecified atom stereocenters. The first-order valence-electron chi connectivity index (χ1n) is 5.39. The first kappa shape index (κ1) is 9.72. The van der Waals surface area contributed by atoms with Gasteiger partial charge >= 0.3 is 0 Å². The van der Waals surface area contributed by atoms with Crippen molar-refractivity contribution in [3.8, 4) is 0 Å². The van der Waals surface area contributed by atoms with Crippen molar-refractivity contribution in [2.75, 3.05) is 6.54 Å². The van der Waals surface area contributed by atoms with E-state index in [0.717, 1.165) is 12.5 Å². The van der Waals surface area contributed by atoms with Crippen molar-refractivity contribution in [2.24, 2.45) is 0 Å². The summed E-state index contributed by atoms with van der Waals surface area (Å²) in [4.78, 5) is 0. The zero-order valence-corrected chi connectivity index (χ0v) is 9.30. The molecule has 0 aromatic heterocycles. The number of fused-ring (bicyclic) bond motifs is 1. The van der Waals surface area contributed by atoms with Gasteiger partial charge in [-0.2, -0.15) is 0 Å². The van der Waals surface area contributed by atoms with E-state index in [2.05, 4.69) is 50.4 Å². The van der Waals surface area contributed by atoms with E-state index in [0.29, 0.717) is 0 Å². The summed E-state index contributed by atoms with van der Waals surface area (Å²) in [7, 11) is 0. The second kappa shape index (κ2) is 3.39. The molecule has 1 heteroatoms. The third-order valence-electron chi connectivity index (χ3n) is 2.84. The van der Waals surface area contributed by atoms with Crippen LogP contribution in [0.2, 0.25) is 0 Å². The number of rotatable bonds is 2. The van der Waals surface area contributed by atoms with Gasteiger partial charge in [0, 0.05) is 18.0 Å². The summed E-state index contributed by atoms with van der Waals surface area (Å²) in [5.41, 5.74) is 3.32. The highest BCUT2D eigenvalue weighted by atomic mass is 14.9.